The number of carbonyl (C=O) groups excluding carboxylic acids is 1. The highest BCUT2D eigenvalue weighted by Crippen LogP contribution is 2.24. The number of amides is 1. The van der Waals surface area contributed by atoms with Crippen LogP contribution in [0.25, 0.3) is 11.0 Å². The monoisotopic (exact) mass is 358 g/mol. The highest BCUT2D eigenvalue weighted by Gasteiger charge is 2.24. The van der Waals surface area contributed by atoms with Crippen molar-refractivity contribution in [1.82, 2.24) is 20.3 Å². The topological polar surface area (TPSA) is 79.9 Å². The minimum atomic E-state index is -0.592. The Kier molecular flexibility index (Phi) is 4.63. The van der Waals surface area contributed by atoms with Crippen molar-refractivity contribution in [2.75, 3.05) is 0 Å². The second-order valence-corrected chi connectivity index (χ2v) is 7.09. The molecule has 0 saturated heterocycles. The highest BCUT2D eigenvalue weighted by atomic mass is 35.5. The van der Waals surface area contributed by atoms with E-state index in [1.54, 1.807) is 30.6 Å². The molecule has 1 amide bonds. The third-order valence-corrected chi connectivity index (χ3v) is 3.65. The summed E-state index contributed by atoms with van der Waals surface area (Å²) in [6.07, 6.45) is 2.83. The van der Waals surface area contributed by atoms with Crippen LogP contribution in [0.5, 0.6) is 0 Å². The van der Waals surface area contributed by atoms with Gasteiger partial charge in [0.15, 0.2) is 0 Å². The van der Waals surface area contributed by atoms with Crippen molar-refractivity contribution in [1.29, 1.82) is 0 Å². The van der Waals surface area contributed by atoms with E-state index in [0.717, 1.165) is 16.6 Å². The van der Waals surface area contributed by atoms with Crippen LogP contribution in [0.15, 0.2) is 42.7 Å². The quantitative estimate of drug-likeness (QED) is 0.734. The van der Waals surface area contributed by atoms with Crippen LogP contribution < -0.4 is 5.32 Å². The largest absolute Gasteiger partial charge is 0.444 e. The molecule has 0 aliphatic rings. The van der Waals surface area contributed by atoms with Gasteiger partial charge in [-0.1, -0.05) is 17.7 Å². The molecule has 6 nitrogen and oxygen atoms in total. The van der Waals surface area contributed by atoms with E-state index < -0.39 is 17.7 Å². The molecule has 0 saturated carbocycles. The van der Waals surface area contributed by atoms with Gasteiger partial charge in [-0.05, 0) is 45.0 Å². The van der Waals surface area contributed by atoms with Gasteiger partial charge in [0.2, 0.25) is 0 Å². The molecule has 3 aromatic rings. The van der Waals surface area contributed by atoms with E-state index in [0.29, 0.717) is 10.8 Å². The number of H-pyrrole nitrogens is 1. The number of hydrogen-bond acceptors (Lipinski definition) is 4. The summed E-state index contributed by atoms with van der Waals surface area (Å²) >= 11 is 6.03. The van der Waals surface area contributed by atoms with Gasteiger partial charge in [0.25, 0.3) is 0 Å². The molecule has 2 heterocycles. The van der Waals surface area contributed by atoms with Crippen LogP contribution in [0.2, 0.25) is 5.02 Å². The van der Waals surface area contributed by atoms with Crippen molar-refractivity contribution in [2.24, 2.45) is 0 Å². The predicted molar refractivity (Wildman–Crippen MR) is 96.6 cm³/mol. The standard InChI is InChI=1S/C18H19ClN4O2/c1-18(2,3)25-17(24)23-15(11-5-4-8-20-10-11)16-21-13-7-6-12(19)9-14(13)22-16/h4-10,15H,1-3H3,(H,21,22)(H,23,24). The maximum absolute atomic E-state index is 12.3. The lowest BCUT2D eigenvalue weighted by atomic mass is 10.1. The fraction of sp³-hybridized carbons (Fsp3) is 0.278. The third-order valence-electron chi connectivity index (χ3n) is 3.41. The van der Waals surface area contributed by atoms with E-state index in [-0.39, 0.29) is 0 Å². The molecular formula is C18H19ClN4O2. The molecule has 7 heteroatoms. The molecule has 0 radical (unpaired) electrons. The summed E-state index contributed by atoms with van der Waals surface area (Å²) in [5.74, 6) is 0.580. The Labute approximate surface area is 150 Å². The van der Waals surface area contributed by atoms with Crippen LogP contribution in [0.4, 0.5) is 4.79 Å². The maximum atomic E-state index is 12.3. The molecule has 0 spiro atoms. The number of hydrogen-bond donors (Lipinski definition) is 2. The lowest BCUT2D eigenvalue weighted by molar-refractivity contribution is 0.0510. The van der Waals surface area contributed by atoms with E-state index in [2.05, 4.69) is 20.3 Å². The smallest absolute Gasteiger partial charge is 0.408 e. The number of alkyl carbamates (subject to hydrolysis) is 1. The minimum Gasteiger partial charge on any atom is -0.444 e. The molecule has 1 atom stereocenters. The van der Waals surface area contributed by atoms with Gasteiger partial charge in [-0.2, -0.15) is 0 Å². The zero-order valence-corrected chi connectivity index (χ0v) is 15.0. The fourth-order valence-electron chi connectivity index (χ4n) is 2.42. The fourth-order valence-corrected chi connectivity index (χ4v) is 2.59. The first-order valence-electron chi connectivity index (χ1n) is 7.86. The molecule has 2 aromatic heterocycles. The first-order chi connectivity index (χ1) is 11.8. The van der Waals surface area contributed by atoms with Gasteiger partial charge >= 0.3 is 6.09 Å². The summed E-state index contributed by atoms with van der Waals surface area (Å²) in [5, 5.41) is 3.47. The van der Waals surface area contributed by atoms with E-state index in [1.807, 2.05) is 32.9 Å². The number of benzene rings is 1. The van der Waals surface area contributed by atoms with Crippen LogP contribution in [0.3, 0.4) is 0 Å². The normalized spacial score (nSPS) is 12.8. The number of fused-ring (bicyclic) bond motifs is 1. The summed E-state index contributed by atoms with van der Waals surface area (Å²) in [6.45, 7) is 5.44. The maximum Gasteiger partial charge on any atom is 0.408 e. The first-order valence-corrected chi connectivity index (χ1v) is 8.24. The Bertz CT molecular complexity index is 887. The first kappa shape index (κ1) is 17.2. The zero-order chi connectivity index (χ0) is 18.0. The minimum absolute atomic E-state index is 0.519. The number of nitrogens with zero attached hydrogens (tertiary/aromatic N) is 2. The molecule has 0 aliphatic heterocycles. The van der Waals surface area contributed by atoms with Gasteiger partial charge in [0, 0.05) is 23.0 Å². The Morgan fingerprint density at radius 1 is 1.32 bits per heavy atom. The number of imidazole rings is 1. The number of nitrogens with one attached hydrogen (secondary N) is 2. The average molecular weight is 359 g/mol. The van der Waals surface area contributed by atoms with Crippen molar-refractivity contribution >= 4 is 28.7 Å². The molecule has 3 rings (SSSR count). The third kappa shape index (κ3) is 4.28. The van der Waals surface area contributed by atoms with Gasteiger partial charge < -0.3 is 15.0 Å². The lowest BCUT2D eigenvalue weighted by Gasteiger charge is -2.23. The van der Waals surface area contributed by atoms with Gasteiger partial charge in [-0.15, -0.1) is 0 Å². The molecule has 0 fully saturated rings. The van der Waals surface area contributed by atoms with Crippen LogP contribution >= 0.6 is 11.6 Å². The molecule has 1 unspecified atom stereocenters. The van der Waals surface area contributed by atoms with E-state index >= 15 is 0 Å². The summed E-state index contributed by atoms with van der Waals surface area (Å²) in [5.41, 5.74) is 1.76. The van der Waals surface area contributed by atoms with Gasteiger partial charge in [-0.25, -0.2) is 9.78 Å². The number of aromatic nitrogens is 3. The van der Waals surface area contributed by atoms with Crippen molar-refractivity contribution in [3.63, 3.8) is 0 Å². The molecule has 25 heavy (non-hydrogen) atoms. The summed E-state index contributed by atoms with van der Waals surface area (Å²) in [6, 6.07) is 8.55. The van der Waals surface area contributed by atoms with Crippen molar-refractivity contribution in [3.05, 3.63) is 59.1 Å². The molecule has 1 aromatic carbocycles. The van der Waals surface area contributed by atoms with Crippen molar-refractivity contribution in [2.45, 2.75) is 32.4 Å². The molecule has 130 valence electrons. The Balaban J connectivity index is 1.96. The second-order valence-electron chi connectivity index (χ2n) is 6.65. The van der Waals surface area contributed by atoms with Gasteiger partial charge in [0.05, 0.1) is 11.0 Å². The van der Waals surface area contributed by atoms with E-state index in [1.165, 1.54) is 0 Å². The number of pyridine rings is 1. The summed E-state index contributed by atoms with van der Waals surface area (Å²) < 4.78 is 5.37. The Morgan fingerprint density at radius 2 is 2.12 bits per heavy atom. The van der Waals surface area contributed by atoms with Crippen LogP contribution in [-0.2, 0) is 4.74 Å². The van der Waals surface area contributed by atoms with E-state index in [4.69, 9.17) is 16.3 Å². The predicted octanol–water partition coefficient (Wildman–Crippen LogP) is 4.23. The van der Waals surface area contributed by atoms with Crippen LogP contribution in [0, 0.1) is 0 Å². The van der Waals surface area contributed by atoms with Crippen molar-refractivity contribution < 1.29 is 9.53 Å². The molecule has 0 aliphatic carbocycles. The molecule has 2 N–H and O–H groups in total. The SMILES string of the molecule is CC(C)(C)OC(=O)NC(c1cccnc1)c1nc2ccc(Cl)cc2[nH]1. The van der Waals surface area contributed by atoms with Crippen LogP contribution in [0.1, 0.15) is 38.2 Å². The molecular weight excluding hydrogens is 340 g/mol. The summed E-state index contributed by atoms with van der Waals surface area (Å²) in [4.78, 5) is 24.2. The van der Waals surface area contributed by atoms with E-state index in [9.17, 15) is 4.79 Å². The number of aromatic amines is 1. The average Bonchev–Trinajstić information content (AvgIpc) is 2.94. The number of rotatable bonds is 3. The molecule has 0 bridgehead atoms. The Hall–Kier alpha value is -2.60. The summed E-state index contributed by atoms with van der Waals surface area (Å²) in [7, 11) is 0. The number of carbonyl (C=O) groups is 1. The Morgan fingerprint density at radius 3 is 2.80 bits per heavy atom. The van der Waals surface area contributed by atoms with Crippen LogP contribution in [-0.4, -0.2) is 26.6 Å². The van der Waals surface area contributed by atoms with Gasteiger partial charge in [0.1, 0.15) is 17.5 Å². The number of halogens is 1. The lowest BCUT2D eigenvalue weighted by Crippen LogP contribution is -2.35. The second kappa shape index (κ2) is 6.72. The van der Waals surface area contributed by atoms with Crippen molar-refractivity contribution in [3.8, 4) is 0 Å². The number of ether oxygens (including phenoxy) is 1. The highest BCUT2D eigenvalue weighted by molar-refractivity contribution is 6.31. The zero-order valence-electron chi connectivity index (χ0n) is 14.2. The van der Waals surface area contributed by atoms with Gasteiger partial charge in [-0.3, -0.25) is 4.98 Å².